The van der Waals surface area contributed by atoms with Crippen LogP contribution in [0.4, 0.5) is 0 Å². The Morgan fingerprint density at radius 1 is 1.15 bits per heavy atom. The van der Waals surface area contributed by atoms with E-state index < -0.39 is 16.3 Å². The van der Waals surface area contributed by atoms with E-state index in [9.17, 15) is 8.42 Å². The van der Waals surface area contributed by atoms with E-state index in [2.05, 4.69) is 9.82 Å². The normalized spacial score (nSPS) is 12.0. The highest BCUT2D eigenvalue weighted by Crippen LogP contribution is 2.29. The van der Waals surface area contributed by atoms with Gasteiger partial charge in [0, 0.05) is 20.4 Å². The molecule has 0 bridgehead atoms. The van der Waals surface area contributed by atoms with E-state index in [0.717, 1.165) is 10.4 Å². The van der Waals surface area contributed by atoms with Gasteiger partial charge < -0.3 is 9.47 Å². The van der Waals surface area contributed by atoms with Gasteiger partial charge in [0.25, 0.3) is 0 Å². The molecule has 0 fully saturated rings. The quantitative estimate of drug-likeness (QED) is 0.551. The summed E-state index contributed by atoms with van der Waals surface area (Å²) in [5.41, 5.74) is 1.47. The van der Waals surface area contributed by atoms with E-state index in [4.69, 9.17) is 9.47 Å². The summed E-state index contributed by atoms with van der Waals surface area (Å²) in [5, 5.41) is 6.42. The average molecular weight is 408 g/mol. The van der Waals surface area contributed by atoms with E-state index in [1.54, 1.807) is 10.9 Å². The SMILES string of the molecule is COC(CNS(=O)(=O)c1cn(Cc2ccccc2)nc1-c1cccs1)OC. The maximum Gasteiger partial charge on any atom is 0.244 e. The van der Waals surface area contributed by atoms with Crippen molar-refractivity contribution in [2.75, 3.05) is 20.8 Å². The summed E-state index contributed by atoms with van der Waals surface area (Å²) in [5.74, 6) is 0. The summed E-state index contributed by atoms with van der Waals surface area (Å²) in [7, 11) is -0.879. The second kappa shape index (κ2) is 8.77. The molecule has 0 saturated carbocycles. The van der Waals surface area contributed by atoms with Crippen LogP contribution in [-0.4, -0.2) is 45.3 Å². The molecule has 2 heterocycles. The lowest BCUT2D eigenvalue weighted by molar-refractivity contribution is -0.0960. The van der Waals surface area contributed by atoms with Crippen LogP contribution in [0.25, 0.3) is 10.6 Å². The highest BCUT2D eigenvalue weighted by molar-refractivity contribution is 7.89. The molecule has 0 aliphatic heterocycles. The van der Waals surface area contributed by atoms with Crippen molar-refractivity contribution in [3.63, 3.8) is 0 Å². The zero-order chi connectivity index (χ0) is 19.3. The lowest BCUT2D eigenvalue weighted by Crippen LogP contribution is -2.34. The van der Waals surface area contributed by atoms with Crippen molar-refractivity contribution < 1.29 is 17.9 Å². The highest BCUT2D eigenvalue weighted by atomic mass is 32.2. The molecule has 0 aliphatic carbocycles. The second-order valence-electron chi connectivity index (χ2n) is 5.76. The summed E-state index contributed by atoms with van der Waals surface area (Å²) in [6.45, 7) is 0.483. The zero-order valence-corrected chi connectivity index (χ0v) is 16.7. The van der Waals surface area contributed by atoms with Crippen LogP contribution in [0.1, 0.15) is 5.56 Å². The van der Waals surface area contributed by atoms with Crippen molar-refractivity contribution >= 4 is 21.4 Å². The number of benzene rings is 1. The van der Waals surface area contributed by atoms with Gasteiger partial charge in [-0.2, -0.15) is 5.10 Å². The van der Waals surface area contributed by atoms with Gasteiger partial charge in [-0.1, -0.05) is 36.4 Å². The van der Waals surface area contributed by atoms with E-state index in [-0.39, 0.29) is 11.4 Å². The Labute approximate surface area is 162 Å². The molecular weight excluding hydrogens is 386 g/mol. The number of methoxy groups -OCH3 is 2. The number of nitrogens with zero attached hydrogens (tertiary/aromatic N) is 2. The predicted octanol–water partition coefficient (Wildman–Crippen LogP) is 2.56. The summed E-state index contributed by atoms with van der Waals surface area (Å²) >= 11 is 1.44. The molecule has 9 heteroatoms. The molecule has 144 valence electrons. The van der Waals surface area contributed by atoms with Crippen LogP contribution < -0.4 is 4.72 Å². The van der Waals surface area contributed by atoms with E-state index >= 15 is 0 Å². The Kier molecular flexibility index (Phi) is 6.40. The second-order valence-corrected chi connectivity index (χ2v) is 8.44. The Morgan fingerprint density at radius 2 is 1.89 bits per heavy atom. The summed E-state index contributed by atoms with van der Waals surface area (Å²) in [4.78, 5) is 0.920. The first-order valence-corrected chi connectivity index (χ1v) is 10.6. The van der Waals surface area contributed by atoms with Crippen LogP contribution in [0.3, 0.4) is 0 Å². The average Bonchev–Trinajstić information content (AvgIpc) is 3.33. The molecule has 0 atom stereocenters. The lowest BCUT2D eigenvalue weighted by atomic mass is 10.2. The largest absolute Gasteiger partial charge is 0.355 e. The smallest absolute Gasteiger partial charge is 0.244 e. The third-order valence-electron chi connectivity index (χ3n) is 3.93. The van der Waals surface area contributed by atoms with Gasteiger partial charge in [-0.15, -0.1) is 11.3 Å². The van der Waals surface area contributed by atoms with Gasteiger partial charge in [-0.05, 0) is 17.0 Å². The Hall–Kier alpha value is -2.04. The van der Waals surface area contributed by atoms with Crippen LogP contribution in [0.15, 0.2) is 58.9 Å². The molecule has 2 aromatic heterocycles. The molecule has 0 aliphatic rings. The maximum absolute atomic E-state index is 12.9. The van der Waals surface area contributed by atoms with Crippen LogP contribution in [0.5, 0.6) is 0 Å². The molecule has 1 N–H and O–H groups in total. The van der Waals surface area contributed by atoms with Crippen LogP contribution in [-0.2, 0) is 26.0 Å². The van der Waals surface area contributed by atoms with E-state index in [0.29, 0.717) is 12.2 Å². The standard InChI is InChI=1S/C18H21N3O4S2/c1-24-17(25-2)11-19-27(22,23)16-13-21(12-14-7-4-3-5-8-14)20-18(16)15-9-6-10-26-15/h3-10,13,17,19H,11-12H2,1-2H3. The minimum absolute atomic E-state index is 0.00305. The number of ether oxygens (including phenoxy) is 2. The first-order chi connectivity index (χ1) is 13.0. The van der Waals surface area contributed by atoms with Crippen molar-refractivity contribution in [1.29, 1.82) is 0 Å². The Bertz CT molecular complexity index is 950. The number of nitrogens with one attached hydrogen (secondary N) is 1. The summed E-state index contributed by atoms with van der Waals surface area (Å²) in [6.07, 6.45) is 0.892. The number of thiophene rings is 1. The van der Waals surface area contributed by atoms with Crippen LogP contribution in [0.2, 0.25) is 0 Å². The number of sulfonamides is 1. The van der Waals surface area contributed by atoms with Gasteiger partial charge in [-0.3, -0.25) is 4.68 Å². The molecule has 1 aromatic carbocycles. The molecule has 0 unspecified atom stereocenters. The van der Waals surface area contributed by atoms with Gasteiger partial charge >= 0.3 is 0 Å². The number of hydrogen-bond donors (Lipinski definition) is 1. The fourth-order valence-electron chi connectivity index (χ4n) is 2.55. The third kappa shape index (κ3) is 4.82. The topological polar surface area (TPSA) is 82.5 Å². The van der Waals surface area contributed by atoms with Gasteiger partial charge in [0.05, 0.1) is 18.0 Å². The first kappa shape index (κ1) is 19.7. The van der Waals surface area contributed by atoms with Gasteiger partial charge in [0.1, 0.15) is 10.6 Å². The minimum atomic E-state index is -3.79. The van der Waals surface area contributed by atoms with Crippen molar-refractivity contribution in [1.82, 2.24) is 14.5 Å². The molecule has 0 amide bonds. The summed E-state index contributed by atoms with van der Waals surface area (Å²) < 4.78 is 40.0. The zero-order valence-electron chi connectivity index (χ0n) is 15.0. The monoisotopic (exact) mass is 407 g/mol. The van der Waals surface area contributed by atoms with Crippen LogP contribution >= 0.6 is 11.3 Å². The van der Waals surface area contributed by atoms with Gasteiger partial charge in [0.15, 0.2) is 6.29 Å². The molecule has 0 radical (unpaired) electrons. The Balaban J connectivity index is 1.92. The first-order valence-electron chi connectivity index (χ1n) is 8.24. The van der Waals surface area contributed by atoms with Crippen molar-refractivity contribution in [3.05, 3.63) is 59.6 Å². The predicted molar refractivity (Wildman–Crippen MR) is 104 cm³/mol. The maximum atomic E-state index is 12.9. The van der Waals surface area contributed by atoms with Crippen LogP contribution in [0, 0.1) is 0 Å². The summed E-state index contributed by atoms with van der Waals surface area (Å²) in [6, 6.07) is 13.5. The number of rotatable bonds is 9. The van der Waals surface area contributed by atoms with Crippen molar-refractivity contribution in [2.45, 2.75) is 17.7 Å². The molecule has 27 heavy (non-hydrogen) atoms. The van der Waals surface area contributed by atoms with Gasteiger partial charge in [0.2, 0.25) is 10.0 Å². The van der Waals surface area contributed by atoms with Crippen molar-refractivity contribution in [3.8, 4) is 10.6 Å². The van der Waals surface area contributed by atoms with Crippen molar-refractivity contribution in [2.24, 2.45) is 0 Å². The Morgan fingerprint density at radius 3 is 2.52 bits per heavy atom. The third-order valence-corrected chi connectivity index (χ3v) is 6.23. The molecule has 0 spiro atoms. The lowest BCUT2D eigenvalue weighted by Gasteiger charge is -2.14. The van der Waals surface area contributed by atoms with E-state index in [1.165, 1.54) is 25.6 Å². The molecular formula is C18H21N3O4S2. The molecule has 0 saturated heterocycles. The molecule has 3 rings (SSSR count). The molecule has 7 nitrogen and oxygen atoms in total. The highest BCUT2D eigenvalue weighted by Gasteiger charge is 2.25. The fraction of sp³-hybridized carbons (Fsp3) is 0.278. The number of aromatic nitrogens is 2. The number of hydrogen-bond acceptors (Lipinski definition) is 6. The van der Waals surface area contributed by atoms with Gasteiger partial charge in [-0.25, -0.2) is 13.1 Å². The minimum Gasteiger partial charge on any atom is -0.355 e. The van der Waals surface area contributed by atoms with E-state index in [1.807, 2.05) is 47.8 Å². The fourth-order valence-corrected chi connectivity index (χ4v) is 4.52. The molecule has 3 aromatic rings.